The Bertz CT molecular complexity index is 426. The zero-order valence-corrected chi connectivity index (χ0v) is 9.90. The van der Waals surface area contributed by atoms with Crippen molar-refractivity contribution in [2.24, 2.45) is 0 Å². The van der Waals surface area contributed by atoms with Crippen LogP contribution in [0.25, 0.3) is 0 Å². The van der Waals surface area contributed by atoms with E-state index in [0.29, 0.717) is 5.82 Å². The van der Waals surface area contributed by atoms with Crippen LogP contribution in [0.1, 0.15) is 23.3 Å². The Hall–Kier alpha value is -1.79. The molecule has 0 spiro atoms. The number of nitrogens with zero attached hydrogens (tertiary/aromatic N) is 3. The van der Waals surface area contributed by atoms with Crippen LogP contribution in [0.3, 0.4) is 0 Å². The molecule has 0 N–H and O–H groups in total. The molecule has 5 nitrogen and oxygen atoms in total. The Morgan fingerprint density at radius 3 is 2.50 bits per heavy atom. The molecule has 0 saturated carbocycles. The van der Waals surface area contributed by atoms with Crippen molar-refractivity contribution in [1.82, 2.24) is 9.97 Å². The minimum absolute atomic E-state index is 0.101. The summed E-state index contributed by atoms with van der Waals surface area (Å²) in [4.78, 5) is 20.8. The fourth-order valence-corrected chi connectivity index (χ4v) is 1.76. The van der Waals surface area contributed by atoms with Crippen molar-refractivity contribution in [3.63, 3.8) is 0 Å². The van der Waals surface area contributed by atoms with E-state index in [2.05, 4.69) is 14.7 Å². The average Bonchev–Trinajstić information content (AvgIpc) is 2.38. The predicted molar refractivity (Wildman–Crippen MR) is 59.8 cm³/mol. The smallest absolute Gasteiger partial charge is 0.358 e. The van der Waals surface area contributed by atoms with Gasteiger partial charge in [-0.1, -0.05) is 0 Å². The van der Waals surface area contributed by atoms with Crippen LogP contribution in [0.5, 0.6) is 0 Å². The van der Waals surface area contributed by atoms with E-state index in [1.165, 1.54) is 19.5 Å². The summed E-state index contributed by atoms with van der Waals surface area (Å²) in [6.45, 7) is 0.471. The van der Waals surface area contributed by atoms with Gasteiger partial charge in [-0.05, 0) is 0 Å². The number of anilines is 1. The van der Waals surface area contributed by atoms with Gasteiger partial charge in [-0.25, -0.2) is 23.5 Å². The first-order valence-electron chi connectivity index (χ1n) is 5.55. The van der Waals surface area contributed by atoms with Gasteiger partial charge in [0.1, 0.15) is 5.82 Å². The van der Waals surface area contributed by atoms with Crippen LogP contribution < -0.4 is 4.90 Å². The quantitative estimate of drug-likeness (QED) is 0.751. The monoisotopic (exact) mass is 257 g/mol. The lowest BCUT2D eigenvalue weighted by Crippen LogP contribution is -2.39. The molecule has 1 fully saturated rings. The van der Waals surface area contributed by atoms with Gasteiger partial charge in [0, 0.05) is 25.9 Å². The minimum Gasteiger partial charge on any atom is -0.464 e. The molecule has 98 valence electrons. The highest BCUT2D eigenvalue weighted by atomic mass is 19.3. The highest BCUT2D eigenvalue weighted by molar-refractivity contribution is 5.86. The molecule has 0 atom stereocenters. The summed E-state index contributed by atoms with van der Waals surface area (Å²) in [5.41, 5.74) is 0.101. The number of carbonyl (C=O) groups excluding carboxylic acids is 1. The second-order valence-electron chi connectivity index (χ2n) is 4.09. The molecule has 1 aromatic rings. The van der Waals surface area contributed by atoms with E-state index >= 15 is 0 Å². The molecule has 18 heavy (non-hydrogen) atoms. The van der Waals surface area contributed by atoms with Gasteiger partial charge in [0.15, 0.2) is 5.69 Å². The Balaban J connectivity index is 2.04. The first kappa shape index (κ1) is 12.7. The number of carbonyl (C=O) groups is 1. The number of hydrogen-bond acceptors (Lipinski definition) is 5. The van der Waals surface area contributed by atoms with Gasteiger partial charge in [0.05, 0.1) is 19.5 Å². The van der Waals surface area contributed by atoms with Gasteiger partial charge in [-0.3, -0.25) is 0 Å². The van der Waals surface area contributed by atoms with Crippen LogP contribution in [0.4, 0.5) is 14.6 Å². The van der Waals surface area contributed by atoms with Gasteiger partial charge < -0.3 is 9.64 Å². The number of aromatic nitrogens is 2. The third-order valence-corrected chi connectivity index (χ3v) is 2.85. The predicted octanol–water partition coefficient (Wildman–Crippen LogP) is 1.50. The molecule has 0 aromatic carbocycles. The number of methoxy groups -OCH3 is 1. The van der Waals surface area contributed by atoms with Crippen molar-refractivity contribution >= 4 is 11.8 Å². The third-order valence-electron chi connectivity index (χ3n) is 2.85. The molecule has 0 amide bonds. The lowest BCUT2D eigenvalue weighted by molar-refractivity contribution is -0.0221. The second-order valence-corrected chi connectivity index (χ2v) is 4.09. The molecular weight excluding hydrogens is 244 g/mol. The Kier molecular flexibility index (Phi) is 3.40. The maximum absolute atomic E-state index is 13.0. The average molecular weight is 257 g/mol. The number of halogens is 2. The Morgan fingerprint density at radius 1 is 1.33 bits per heavy atom. The topological polar surface area (TPSA) is 55.3 Å². The summed E-state index contributed by atoms with van der Waals surface area (Å²) in [5, 5.41) is 0. The molecule has 2 heterocycles. The van der Waals surface area contributed by atoms with Gasteiger partial charge in [-0.2, -0.15) is 0 Å². The van der Waals surface area contributed by atoms with E-state index in [1.807, 2.05) is 0 Å². The maximum atomic E-state index is 13.0. The van der Waals surface area contributed by atoms with Crippen molar-refractivity contribution in [2.45, 2.75) is 18.8 Å². The Morgan fingerprint density at radius 2 is 2.00 bits per heavy atom. The van der Waals surface area contributed by atoms with Gasteiger partial charge in [0.25, 0.3) is 5.92 Å². The van der Waals surface area contributed by atoms with Gasteiger partial charge in [0.2, 0.25) is 0 Å². The molecule has 7 heteroatoms. The van der Waals surface area contributed by atoms with Crippen LogP contribution in [0.15, 0.2) is 12.4 Å². The fourth-order valence-electron chi connectivity index (χ4n) is 1.76. The molecule has 1 aliphatic heterocycles. The lowest BCUT2D eigenvalue weighted by Gasteiger charge is -2.32. The molecule has 2 rings (SSSR count). The SMILES string of the molecule is COC(=O)c1cnc(N2CCC(F)(F)CC2)cn1. The number of rotatable bonds is 2. The fraction of sp³-hybridized carbons (Fsp3) is 0.545. The van der Waals surface area contributed by atoms with E-state index in [0.717, 1.165) is 0 Å². The lowest BCUT2D eigenvalue weighted by atomic mass is 10.1. The van der Waals surface area contributed by atoms with Crippen LogP contribution in [-0.2, 0) is 4.74 Å². The zero-order valence-electron chi connectivity index (χ0n) is 9.90. The summed E-state index contributed by atoms with van der Waals surface area (Å²) in [7, 11) is 1.25. The van der Waals surface area contributed by atoms with Crippen molar-refractivity contribution < 1.29 is 18.3 Å². The summed E-state index contributed by atoms with van der Waals surface area (Å²) in [6, 6.07) is 0. The molecule has 1 aliphatic rings. The van der Waals surface area contributed by atoms with E-state index in [-0.39, 0.29) is 31.6 Å². The van der Waals surface area contributed by atoms with Crippen molar-refractivity contribution in [3.05, 3.63) is 18.1 Å². The van der Waals surface area contributed by atoms with Crippen molar-refractivity contribution in [2.75, 3.05) is 25.1 Å². The Labute approximate surface area is 103 Å². The summed E-state index contributed by atoms with van der Waals surface area (Å²) in [6.07, 6.45) is 2.31. The molecular formula is C11H13F2N3O2. The number of esters is 1. The summed E-state index contributed by atoms with van der Waals surface area (Å²) < 4.78 is 30.5. The van der Waals surface area contributed by atoms with Crippen molar-refractivity contribution in [3.8, 4) is 0 Å². The maximum Gasteiger partial charge on any atom is 0.358 e. The number of piperidine rings is 1. The standard InChI is InChI=1S/C11H13F2N3O2/c1-18-10(17)8-6-15-9(7-14-8)16-4-2-11(12,13)3-5-16/h6-7H,2-5H2,1H3. The molecule has 0 radical (unpaired) electrons. The first-order chi connectivity index (χ1) is 8.52. The summed E-state index contributed by atoms with van der Waals surface area (Å²) >= 11 is 0. The van der Waals surface area contributed by atoms with Crippen LogP contribution in [0.2, 0.25) is 0 Å². The number of ether oxygens (including phenoxy) is 1. The van der Waals surface area contributed by atoms with Crippen LogP contribution in [-0.4, -0.2) is 42.1 Å². The molecule has 1 aromatic heterocycles. The molecule has 0 unspecified atom stereocenters. The van der Waals surface area contributed by atoms with Crippen LogP contribution >= 0.6 is 0 Å². The van der Waals surface area contributed by atoms with E-state index in [1.54, 1.807) is 4.90 Å². The first-order valence-corrected chi connectivity index (χ1v) is 5.55. The zero-order chi connectivity index (χ0) is 13.2. The molecule has 0 aliphatic carbocycles. The highest BCUT2D eigenvalue weighted by Crippen LogP contribution is 2.29. The van der Waals surface area contributed by atoms with E-state index in [4.69, 9.17) is 0 Å². The van der Waals surface area contributed by atoms with Crippen LogP contribution in [0, 0.1) is 0 Å². The van der Waals surface area contributed by atoms with Crippen molar-refractivity contribution in [1.29, 1.82) is 0 Å². The second kappa shape index (κ2) is 4.83. The van der Waals surface area contributed by atoms with Gasteiger partial charge >= 0.3 is 5.97 Å². The number of alkyl halides is 2. The third kappa shape index (κ3) is 2.72. The molecule has 0 bridgehead atoms. The minimum atomic E-state index is -2.59. The highest BCUT2D eigenvalue weighted by Gasteiger charge is 2.34. The normalized spacial score (nSPS) is 18.5. The summed E-state index contributed by atoms with van der Waals surface area (Å²) in [5.74, 6) is -2.66. The number of hydrogen-bond donors (Lipinski definition) is 0. The molecule has 1 saturated heterocycles. The van der Waals surface area contributed by atoms with Gasteiger partial charge in [-0.15, -0.1) is 0 Å². The largest absolute Gasteiger partial charge is 0.464 e. The van der Waals surface area contributed by atoms with E-state index < -0.39 is 11.9 Å². The van der Waals surface area contributed by atoms with E-state index in [9.17, 15) is 13.6 Å².